The van der Waals surface area contributed by atoms with Gasteiger partial charge in [0.15, 0.2) is 0 Å². The molecule has 0 rings (SSSR count). The van der Waals surface area contributed by atoms with Crippen molar-refractivity contribution in [2.24, 2.45) is 11.1 Å². The van der Waals surface area contributed by atoms with Crippen LogP contribution in [0.4, 0.5) is 0 Å². The lowest BCUT2D eigenvalue weighted by molar-refractivity contribution is 0.197. The molecule has 0 atom stereocenters. The fourth-order valence-electron chi connectivity index (χ4n) is 2.36. The van der Waals surface area contributed by atoms with Crippen LogP contribution in [0.25, 0.3) is 0 Å². The van der Waals surface area contributed by atoms with Crippen molar-refractivity contribution in [2.45, 2.75) is 72.3 Å². The summed E-state index contributed by atoms with van der Waals surface area (Å²) in [6.07, 6.45) is 5.94. The van der Waals surface area contributed by atoms with Gasteiger partial charge < -0.3 is 11.1 Å². The largest absolute Gasteiger partial charge is 0.330 e. The number of hydrogen-bond donors (Lipinski definition) is 2. The van der Waals surface area contributed by atoms with E-state index in [1.54, 1.807) is 0 Å². The molecule has 2 heteroatoms. The Balaban J connectivity index is 4.48. The van der Waals surface area contributed by atoms with E-state index in [0.717, 1.165) is 13.1 Å². The monoisotopic (exact) mass is 228 g/mol. The highest BCUT2D eigenvalue weighted by molar-refractivity contribution is 4.89. The third-order valence-corrected chi connectivity index (χ3v) is 4.80. The van der Waals surface area contributed by atoms with E-state index in [1.807, 2.05) is 0 Å². The summed E-state index contributed by atoms with van der Waals surface area (Å²) in [6, 6.07) is 0. The van der Waals surface area contributed by atoms with Crippen molar-refractivity contribution in [3.8, 4) is 0 Å². The molecule has 98 valence electrons. The SMILES string of the molecule is CCC(CC)(CN)CNC(CC)(CC)CC. The van der Waals surface area contributed by atoms with Gasteiger partial charge in [-0.15, -0.1) is 0 Å². The van der Waals surface area contributed by atoms with Crippen LogP contribution in [0.1, 0.15) is 66.7 Å². The van der Waals surface area contributed by atoms with Gasteiger partial charge in [-0.1, -0.05) is 34.6 Å². The maximum absolute atomic E-state index is 5.94. The molecular weight excluding hydrogens is 196 g/mol. The normalized spacial score (nSPS) is 13.1. The Bertz CT molecular complexity index is 133. The van der Waals surface area contributed by atoms with Crippen LogP contribution in [0, 0.1) is 5.41 Å². The number of rotatable bonds is 9. The minimum Gasteiger partial charge on any atom is -0.330 e. The summed E-state index contributed by atoms with van der Waals surface area (Å²) in [5, 5.41) is 3.80. The van der Waals surface area contributed by atoms with Gasteiger partial charge in [0.05, 0.1) is 0 Å². The van der Waals surface area contributed by atoms with E-state index >= 15 is 0 Å². The quantitative estimate of drug-likeness (QED) is 0.635. The van der Waals surface area contributed by atoms with Crippen LogP contribution < -0.4 is 11.1 Å². The summed E-state index contributed by atoms with van der Waals surface area (Å²) in [5.74, 6) is 0. The molecule has 0 fully saturated rings. The molecule has 0 aromatic rings. The van der Waals surface area contributed by atoms with Crippen LogP contribution >= 0.6 is 0 Å². The van der Waals surface area contributed by atoms with Crippen molar-refractivity contribution < 1.29 is 0 Å². The first-order chi connectivity index (χ1) is 7.57. The zero-order valence-electron chi connectivity index (χ0n) is 12.0. The lowest BCUT2D eigenvalue weighted by Crippen LogP contribution is -2.50. The van der Waals surface area contributed by atoms with Crippen molar-refractivity contribution in [3.05, 3.63) is 0 Å². The summed E-state index contributed by atoms with van der Waals surface area (Å²) < 4.78 is 0. The smallest absolute Gasteiger partial charge is 0.0173 e. The Morgan fingerprint density at radius 2 is 1.25 bits per heavy atom. The second-order valence-electron chi connectivity index (χ2n) is 5.11. The van der Waals surface area contributed by atoms with Gasteiger partial charge in [-0.05, 0) is 44.1 Å². The van der Waals surface area contributed by atoms with Gasteiger partial charge in [-0.2, -0.15) is 0 Å². The van der Waals surface area contributed by atoms with E-state index in [0.29, 0.717) is 11.0 Å². The summed E-state index contributed by atoms with van der Waals surface area (Å²) in [7, 11) is 0. The molecule has 0 spiro atoms. The van der Waals surface area contributed by atoms with E-state index in [9.17, 15) is 0 Å². The maximum Gasteiger partial charge on any atom is 0.0173 e. The van der Waals surface area contributed by atoms with Crippen molar-refractivity contribution in [3.63, 3.8) is 0 Å². The maximum atomic E-state index is 5.94. The molecule has 0 aliphatic rings. The zero-order valence-corrected chi connectivity index (χ0v) is 12.0. The van der Waals surface area contributed by atoms with Crippen LogP contribution in [0.2, 0.25) is 0 Å². The van der Waals surface area contributed by atoms with Crippen LogP contribution in [0.3, 0.4) is 0 Å². The van der Waals surface area contributed by atoms with Gasteiger partial charge in [0, 0.05) is 12.1 Å². The second-order valence-corrected chi connectivity index (χ2v) is 5.11. The molecule has 0 radical (unpaired) electrons. The highest BCUT2D eigenvalue weighted by atomic mass is 15.0. The van der Waals surface area contributed by atoms with Gasteiger partial charge in [0.2, 0.25) is 0 Å². The average Bonchev–Trinajstić information content (AvgIpc) is 2.37. The molecule has 0 saturated heterocycles. The van der Waals surface area contributed by atoms with Crippen LogP contribution in [0.5, 0.6) is 0 Å². The minimum absolute atomic E-state index is 0.296. The van der Waals surface area contributed by atoms with Gasteiger partial charge in [0.25, 0.3) is 0 Å². The average molecular weight is 228 g/mol. The van der Waals surface area contributed by atoms with E-state index in [2.05, 4.69) is 39.9 Å². The number of hydrogen-bond acceptors (Lipinski definition) is 2. The Labute approximate surface area is 102 Å². The molecular formula is C14H32N2. The second kappa shape index (κ2) is 7.29. The van der Waals surface area contributed by atoms with Crippen LogP contribution in [-0.4, -0.2) is 18.6 Å². The van der Waals surface area contributed by atoms with Crippen LogP contribution in [-0.2, 0) is 0 Å². The molecule has 0 unspecified atom stereocenters. The van der Waals surface area contributed by atoms with E-state index in [-0.39, 0.29) is 0 Å². The van der Waals surface area contributed by atoms with E-state index < -0.39 is 0 Å². The third-order valence-electron chi connectivity index (χ3n) is 4.80. The first-order valence-electron chi connectivity index (χ1n) is 7.02. The van der Waals surface area contributed by atoms with Gasteiger partial charge in [-0.3, -0.25) is 0 Å². The fourth-order valence-corrected chi connectivity index (χ4v) is 2.36. The molecule has 0 amide bonds. The summed E-state index contributed by atoms with van der Waals surface area (Å²) in [6.45, 7) is 13.2. The fraction of sp³-hybridized carbons (Fsp3) is 1.00. The molecule has 2 nitrogen and oxygen atoms in total. The molecule has 0 saturated carbocycles. The summed E-state index contributed by atoms with van der Waals surface area (Å²) >= 11 is 0. The zero-order chi connectivity index (χ0) is 12.7. The third kappa shape index (κ3) is 3.74. The first kappa shape index (κ1) is 15.9. The number of nitrogens with one attached hydrogen (secondary N) is 1. The minimum atomic E-state index is 0.296. The van der Waals surface area contributed by atoms with Crippen molar-refractivity contribution in [2.75, 3.05) is 13.1 Å². The van der Waals surface area contributed by atoms with Gasteiger partial charge in [0.1, 0.15) is 0 Å². The molecule has 0 bridgehead atoms. The molecule has 0 aromatic carbocycles. The Kier molecular flexibility index (Phi) is 7.25. The molecule has 0 heterocycles. The Morgan fingerprint density at radius 1 is 0.812 bits per heavy atom. The van der Waals surface area contributed by atoms with Crippen molar-refractivity contribution in [1.82, 2.24) is 5.32 Å². The predicted molar refractivity (Wildman–Crippen MR) is 73.7 cm³/mol. The van der Waals surface area contributed by atoms with Gasteiger partial charge in [-0.25, -0.2) is 0 Å². The summed E-state index contributed by atoms with van der Waals surface area (Å²) in [4.78, 5) is 0. The van der Waals surface area contributed by atoms with E-state index in [4.69, 9.17) is 5.73 Å². The highest BCUT2D eigenvalue weighted by Crippen LogP contribution is 2.27. The molecule has 3 N–H and O–H groups in total. The molecule has 0 aliphatic carbocycles. The standard InChI is InChI=1S/C14H32N2/c1-6-13(7-2,11-15)12-16-14(8-3,9-4)10-5/h16H,6-12,15H2,1-5H3. The van der Waals surface area contributed by atoms with Crippen molar-refractivity contribution in [1.29, 1.82) is 0 Å². The molecule has 16 heavy (non-hydrogen) atoms. The van der Waals surface area contributed by atoms with Gasteiger partial charge >= 0.3 is 0 Å². The van der Waals surface area contributed by atoms with Crippen molar-refractivity contribution >= 4 is 0 Å². The van der Waals surface area contributed by atoms with Crippen LogP contribution in [0.15, 0.2) is 0 Å². The topological polar surface area (TPSA) is 38.0 Å². The Morgan fingerprint density at radius 3 is 1.50 bits per heavy atom. The molecule has 0 aromatic heterocycles. The van der Waals surface area contributed by atoms with E-state index in [1.165, 1.54) is 32.1 Å². The highest BCUT2D eigenvalue weighted by Gasteiger charge is 2.29. The lowest BCUT2D eigenvalue weighted by Gasteiger charge is -2.38. The molecule has 0 aliphatic heterocycles. The first-order valence-corrected chi connectivity index (χ1v) is 7.02. The summed E-state index contributed by atoms with van der Waals surface area (Å²) in [5.41, 5.74) is 6.56. The lowest BCUT2D eigenvalue weighted by atomic mass is 9.80. The Hall–Kier alpha value is -0.0800. The number of nitrogens with two attached hydrogens (primary N) is 1. The predicted octanol–water partition coefficient (Wildman–Crippen LogP) is 3.31.